The van der Waals surface area contributed by atoms with E-state index >= 15 is 0 Å². The third kappa shape index (κ3) is 3.74. The smallest absolute Gasteiger partial charge is 0.0406 e. The lowest BCUT2D eigenvalue weighted by Crippen LogP contribution is -2.17. The van der Waals surface area contributed by atoms with Gasteiger partial charge in [-0.25, -0.2) is 0 Å². The summed E-state index contributed by atoms with van der Waals surface area (Å²) in [4.78, 5) is 2.70. The van der Waals surface area contributed by atoms with Gasteiger partial charge in [0, 0.05) is 32.9 Å². The van der Waals surface area contributed by atoms with Gasteiger partial charge >= 0.3 is 0 Å². The van der Waals surface area contributed by atoms with Crippen LogP contribution in [0.4, 0.5) is 0 Å². The minimum atomic E-state index is 0.314. The Balaban J connectivity index is 1.61. The molecule has 1 aromatic carbocycles. The highest BCUT2D eigenvalue weighted by atomic mass is 35.5. The molecule has 3 rings (SSSR count). The lowest BCUT2D eigenvalue weighted by molar-refractivity contribution is 0.579. The summed E-state index contributed by atoms with van der Waals surface area (Å²) in [5.41, 5.74) is 2.58. The number of halogens is 1. The molecular weight excluding hydrogens is 318 g/mol. The van der Waals surface area contributed by atoms with Crippen LogP contribution in [0.3, 0.4) is 0 Å². The largest absolute Gasteiger partial charge is 0.305 e. The van der Waals surface area contributed by atoms with Crippen molar-refractivity contribution < 1.29 is 0 Å². The van der Waals surface area contributed by atoms with Crippen molar-refractivity contribution in [3.63, 3.8) is 0 Å². The predicted molar refractivity (Wildman–Crippen MR) is 94.3 cm³/mol. The normalized spacial score (nSPS) is 12.5. The van der Waals surface area contributed by atoms with Gasteiger partial charge in [-0.3, -0.25) is 0 Å². The number of nitrogens with one attached hydrogen (secondary N) is 1. The molecule has 21 heavy (non-hydrogen) atoms. The van der Waals surface area contributed by atoms with E-state index in [1.54, 1.807) is 11.3 Å². The van der Waals surface area contributed by atoms with Gasteiger partial charge in [-0.05, 0) is 47.5 Å². The molecule has 3 aromatic rings. The van der Waals surface area contributed by atoms with Crippen molar-refractivity contribution in [2.75, 3.05) is 0 Å². The second-order valence-corrected chi connectivity index (χ2v) is 7.31. The first kappa shape index (κ1) is 14.8. The molecule has 0 amide bonds. The number of thiophene rings is 2. The summed E-state index contributed by atoms with van der Waals surface area (Å²) in [6, 6.07) is 14.9. The van der Waals surface area contributed by atoms with Gasteiger partial charge < -0.3 is 5.32 Å². The Bertz CT molecular complexity index is 686. The average Bonchev–Trinajstić information content (AvgIpc) is 3.16. The monoisotopic (exact) mass is 333 g/mol. The quantitative estimate of drug-likeness (QED) is 0.605. The molecule has 1 nitrogen and oxygen atoms in total. The Kier molecular flexibility index (Phi) is 4.76. The van der Waals surface area contributed by atoms with Crippen LogP contribution in [-0.4, -0.2) is 0 Å². The summed E-state index contributed by atoms with van der Waals surface area (Å²) in [5, 5.41) is 8.70. The van der Waals surface area contributed by atoms with Gasteiger partial charge in [0.25, 0.3) is 0 Å². The number of rotatable bonds is 5. The zero-order chi connectivity index (χ0) is 14.7. The predicted octanol–water partition coefficient (Wildman–Crippen LogP) is 5.98. The van der Waals surface area contributed by atoms with E-state index < -0.39 is 0 Å². The molecule has 1 atom stereocenters. The summed E-state index contributed by atoms with van der Waals surface area (Å²) in [7, 11) is 0. The molecule has 0 aliphatic carbocycles. The Morgan fingerprint density at radius 1 is 1.14 bits per heavy atom. The molecule has 1 unspecified atom stereocenters. The highest BCUT2D eigenvalue weighted by molar-refractivity contribution is 7.14. The van der Waals surface area contributed by atoms with E-state index in [1.165, 1.54) is 20.9 Å². The van der Waals surface area contributed by atoms with Crippen molar-refractivity contribution >= 4 is 34.3 Å². The highest BCUT2D eigenvalue weighted by Gasteiger charge is 2.07. The maximum atomic E-state index is 5.92. The fourth-order valence-electron chi connectivity index (χ4n) is 2.17. The van der Waals surface area contributed by atoms with Crippen LogP contribution < -0.4 is 5.32 Å². The van der Waals surface area contributed by atoms with Crippen molar-refractivity contribution in [1.29, 1.82) is 0 Å². The molecule has 0 bridgehead atoms. The lowest BCUT2D eigenvalue weighted by Gasteiger charge is -2.13. The van der Waals surface area contributed by atoms with Crippen LogP contribution in [0.25, 0.3) is 10.4 Å². The van der Waals surface area contributed by atoms with Crippen molar-refractivity contribution in [2.24, 2.45) is 0 Å². The first-order valence-corrected chi connectivity index (χ1v) is 8.96. The fraction of sp³-hybridized carbons (Fsp3) is 0.176. The fourth-order valence-corrected chi connectivity index (χ4v) is 3.92. The van der Waals surface area contributed by atoms with Crippen molar-refractivity contribution in [3.05, 3.63) is 68.7 Å². The molecule has 0 fully saturated rings. The molecule has 0 saturated heterocycles. The van der Waals surface area contributed by atoms with Crippen LogP contribution in [0.5, 0.6) is 0 Å². The Morgan fingerprint density at radius 3 is 2.67 bits per heavy atom. The van der Waals surface area contributed by atoms with Crippen molar-refractivity contribution in [1.82, 2.24) is 5.32 Å². The van der Waals surface area contributed by atoms with Crippen molar-refractivity contribution in [3.8, 4) is 10.4 Å². The second-order valence-electron chi connectivity index (χ2n) is 4.93. The van der Waals surface area contributed by atoms with Crippen LogP contribution in [0.1, 0.15) is 23.4 Å². The van der Waals surface area contributed by atoms with Crippen LogP contribution >= 0.6 is 34.3 Å². The molecule has 0 aliphatic rings. The SMILES string of the molecule is CC(NCc1cc(-c2cccs2)cs1)c1ccc(Cl)cc1. The van der Waals surface area contributed by atoms with E-state index in [0.717, 1.165) is 11.6 Å². The van der Waals surface area contributed by atoms with E-state index in [2.05, 4.69) is 53.3 Å². The minimum absolute atomic E-state index is 0.314. The van der Waals surface area contributed by atoms with Crippen LogP contribution in [-0.2, 0) is 6.54 Å². The molecule has 108 valence electrons. The summed E-state index contributed by atoms with van der Waals surface area (Å²) in [6.07, 6.45) is 0. The van der Waals surface area contributed by atoms with Gasteiger partial charge in [-0.1, -0.05) is 29.8 Å². The first-order valence-electron chi connectivity index (χ1n) is 6.82. The lowest BCUT2D eigenvalue weighted by atomic mass is 10.1. The zero-order valence-corrected chi connectivity index (χ0v) is 14.1. The Labute approximate surface area is 138 Å². The second kappa shape index (κ2) is 6.75. The number of benzene rings is 1. The average molecular weight is 334 g/mol. The molecule has 2 aromatic heterocycles. The molecule has 2 heterocycles. The van der Waals surface area contributed by atoms with Crippen LogP contribution in [0, 0.1) is 0 Å². The van der Waals surface area contributed by atoms with E-state index in [-0.39, 0.29) is 0 Å². The zero-order valence-electron chi connectivity index (χ0n) is 11.7. The maximum Gasteiger partial charge on any atom is 0.0406 e. The van der Waals surface area contributed by atoms with Gasteiger partial charge in [0.05, 0.1) is 0 Å². The van der Waals surface area contributed by atoms with Gasteiger partial charge in [0.1, 0.15) is 0 Å². The molecular formula is C17H16ClNS2. The molecule has 0 aliphatic heterocycles. The van der Waals surface area contributed by atoms with E-state index in [1.807, 2.05) is 23.5 Å². The molecule has 1 N–H and O–H groups in total. The summed E-state index contributed by atoms with van der Waals surface area (Å²) in [5.74, 6) is 0. The molecule has 0 saturated carbocycles. The van der Waals surface area contributed by atoms with E-state index in [4.69, 9.17) is 11.6 Å². The highest BCUT2D eigenvalue weighted by Crippen LogP contribution is 2.29. The van der Waals surface area contributed by atoms with Gasteiger partial charge in [0.2, 0.25) is 0 Å². The van der Waals surface area contributed by atoms with Gasteiger partial charge in [-0.15, -0.1) is 22.7 Å². The number of hydrogen-bond donors (Lipinski definition) is 1. The van der Waals surface area contributed by atoms with Crippen LogP contribution in [0.15, 0.2) is 53.2 Å². The van der Waals surface area contributed by atoms with Gasteiger partial charge in [0.15, 0.2) is 0 Å². The summed E-state index contributed by atoms with van der Waals surface area (Å²) >= 11 is 9.52. The van der Waals surface area contributed by atoms with Crippen LogP contribution in [0.2, 0.25) is 5.02 Å². The third-order valence-electron chi connectivity index (χ3n) is 3.41. The summed E-state index contributed by atoms with van der Waals surface area (Å²) < 4.78 is 0. The van der Waals surface area contributed by atoms with E-state index in [0.29, 0.717) is 6.04 Å². The van der Waals surface area contributed by atoms with Gasteiger partial charge in [-0.2, -0.15) is 0 Å². The van der Waals surface area contributed by atoms with E-state index in [9.17, 15) is 0 Å². The first-order chi connectivity index (χ1) is 10.2. The molecule has 0 spiro atoms. The topological polar surface area (TPSA) is 12.0 Å². The van der Waals surface area contributed by atoms with Crippen molar-refractivity contribution in [2.45, 2.75) is 19.5 Å². The Hall–Kier alpha value is -1.13. The molecule has 0 radical (unpaired) electrons. The Morgan fingerprint density at radius 2 is 1.95 bits per heavy atom. The third-order valence-corrected chi connectivity index (χ3v) is 5.52. The summed E-state index contributed by atoms with van der Waals surface area (Å²) in [6.45, 7) is 3.07. The maximum absolute atomic E-state index is 5.92. The standard InChI is InChI=1S/C17H16ClNS2/c1-12(13-4-6-15(18)7-5-13)19-10-16-9-14(11-21-16)17-3-2-8-20-17/h2-9,11-12,19H,10H2,1H3. The minimum Gasteiger partial charge on any atom is -0.305 e. The number of hydrogen-bond acceptors (Lipinski definition) is 3. The molecule has 4 heteroatoms.